The summed E-state index contributed by atoms with van der Waals surface area (Å²) in [6, 6.07) is 0. The van der Waals surface area contributed by atoms with Gasteiger partial charge in [0.05, 0.1) is 6.20 Å². The van der Waals surface area contributed by atoms with Crippen molar-refractivity contribution in [1.82, 2.24) is 0 Å². The average Bonchev–Trinajstić information content (AvgIpc) is 1.83. The first-order valence-corrected chi connectivity index (χ1v) is 2.66. The fourth-order valence-corrected chi connectivity index (χ4v) is 0.243. The summed E-state index contributed by atoms with van der Waals surface area (Å²) in [5.41, 5.74) is 0.826. The number of halogens is 1. The van der Waals surface area contributed by atoms with Crippen molar-refractivity contribution in [3.8, 4) is 0 Å². The van der Waals surface area contributed by atoms with E-state index in [1.165, 1.54) is 0 Å². The molecule has 0 aromatic heterocycles. The van der Waals surface area contributed by atoms with E-state index in [1.807, 2.05) is 0 Å². The number of aliphatic imine (C=N–C) groups is 1. The Kier molecular flexibility index (Phi) is 3.60. The van der Waals surface area contributed by atoms with Gasteiger partial charge in [-0.15, -0.1) is 0 Å². The molecular formula is C7H10FN. The Morgan fingerprint density at radius 1 is 1.56 bits per heavy atom. The minimum atomic E-state index is -0.406. The van der Waals surface area contributed by atoms with Crippen LogP contribution in [-0.2, 0) is 0 Å². The molecule has 1 nitrogen and oxygen atoms in total. The molecule has 0 bridgehead atoms. The van der Waals surface area contributed by atoms with Gasteiger partial charge in [0, 0.05) is 5.71 Å². The molecule has 0 fully saturated rings. The molecule has 2 heteroatoms. The Labute approximate surface area is 54.6 Å². The van der Waals surface area contributed by atoms with E-state index >= 15 is 0 Å². The quantitative estimate of drug-likeness (QED) is 0.399. The van der Waals surface area contributed by atoms with Crippen molar-refractivity contribution in [2.24, 2.45) is 4.99 Å². The van der Waals surface area contributed by atoms with Gasteiger partial charge in [-0.2, -0.15) is 0 Å². The Hall–Kier alpha value is -0.920. The van der Waals surface area contributed by atoms with Crippen LogP contribution in [0, 0.1) is 0 Å². The standard InChI is InChI=1S/C7H10FN/c1-4-7(8)5-9-6(2)3/h4-5H,1H2,2-3H3/b7-5+. The maximum atomic E-state index is 12.1. The Morgan fingerprint density at radius 2 is 2.11 bits per heavy atom. The SMILES string of the molecule is C=C/C(F)=C\N=C(C)C. The first-order chi connectivity index (χ1) is 4.16. The smallest absolute Gasteiger partial charge is 0.140 e. The summed E-state index contributed by atoms with van der Waals surface area (Å²) in [5, 5.41) is 0. The number of hydrogen-bond donors (Lipinski definition) is 0. The van der Waals surface area contributed by atoms with Gasteiger partial charge in [-0.25, -0.2) is 4.39 Å². The van der Waals surface area contributed by atoms with E-state index in [0.29, 0.717) is 0 Å². The van der Waals surface area contributed by atoms with E-state index in [2.05, 4.69) is 11.6 Å². The molecule has 0 aromatic carbocycles. The zero-order chi connectivity index (χ0) is 7.28. The lowest BCUT2D eigenvalue weighted by molar-refractivity contribution is 0.664. The van der Waals surface area contributed by atoms with Crippen LogP contribution in [0.3, 0.4) is 0 Å². The van der Waals surface area contributed by atoms with Gasteiger partial charge < -0.3 is 0 Å². The van der Waals surface area contributed by atoms with Crippen molar-refractivity contribution < 1.29 is 4.39 Å². The molecule has 0 N–H and O–H groups in total. The summed E-state index contributed by atoms with van der Waals surface area (Å²) in [7, 11) is 0. The van der Waals surface area contributed by atoms with Crippen molar-refractivity contribution in [1.29, 1.82) is 0 Å². The molecule has 0 unspecified atom stereocenters. The van der Waals surface area contributed by atoms with E-state index in [1.54, 1.807) is 13.8 Å². The van der Waals surface area contributed by atoms with Crippen molar-refractivity contribution in [3.05, 3.63) is 24.7 Å². The molecule has 0 saturated carbocycles. The predicted molar refractivity (Wildman–Crippen MR) is 38.2 cm³/mol. The van der Waals surface area contributed by atoms with E-state index in [4.69, 9.17) is 0 Å². The average molecular weight is 127 g/mol. The third kappa shape index (κ3) is 4.94. The molecule has 0 aromatic rings. The molecule has 9 heavy (non-hydrogen) atoms. The van der Waals surface area contributed by atoms with E-state index in [9.17, 15) is 4.39 Å². The van der Waals surface area contributed by atoms with Crippen LogP contribution in [0.25, 0.3) is 0 Å². The van der Waals surface area contributed by atoms with Crippen LogP contribution in [0.2, 0.25) is 0 Å². The normalized spacial score (nSPS) is 10.8. The molecule has 0 radical (unpaired) electrons. The Bertz CT molecular complexity index is 152. The summed E-state index contributed by atoms with van der Waals surface area (Å²) in [5.74, 6) is -0.406. The molecule has 0 aliphatic carbocycles. The first-order valence-electron chi connectivity index (χ1n) is 2.66. The molecular weight excluding hydrogens is 117 g/mol. The van der Waals surface area contributed by atoms with Crippen LogP contribution in [0.15, 0.2) is 29.7 Å². The second-order valence-electron chi connectivity index (χ2n) is 1.79. The van der Waals surface area contributed by atoms with E-state index < -0.39 is 5.83 Å². The molecule has 0 rings (SSSR count). The Morgan fingerprint density at radius 3 is 2.44 bits per heavy atom. The second-order valence-corrected chi connectivity index (χ2v) is 1.79. The van der Waals surface area contributed by atoms with Crippen LogP contribution in [0.4, 0.5) is 4.39 Å². The van der Waals surface area contributed by atoms with E-state index in [0.717, 1.165) is 18.0 Å². The summed E-state index contributed by atoms with van der Waals surface area (Å²) in [6.45, 7) is 6.82. The van der Waals surface area contributed by atoms with Gasteiger partial charge in [-0.3, -0.25) is 4.99 Å². The molecule has 0 saturated heterocycles. The summed E-state index contributed by atoms with van der Waals surface area (Å²) < 4.78 is 12.1. The second kappa shape index (κ2) is 4.01. The van der Waals surface area contributed by atoms with Crippen LogP contribution < -0.4 is 0 Å². The Balaban J connectivity index is 3.98. The summed E-state index contributed by atoms with van der Waals surface area (Å²) in [6.07, 6.45) is 2.26. The number of allylic oxidation sites excluding steroid dienone is 2. The predicted octanol–water partition coefficient (Wildman–Crippen LogP) is 2.46. The topological polar surface area (TPSA) is 12.4 Å². The van der Waals surface area contributed by atoms with Crippen molar-refractivity contribution in [2.75, 3.05) is 0 Å². The molecule has 50 valence electrons. The number of hydrogen-bond acceptors (Lipinski definition) is 1. The van der Waals surface area contributed by atoms with Crippen LogP contribution in [-0.4, -0.2) is 5.71 Å². The van der Waals surface area contributed by atoms with Crippen LogP contribution >= 0.6 is 0 Å². The number of nitrogens with zero attached hydrogens (tertiary/aromatic N) is 1. The van der Waals surface area contributed by atoms with Gasteiger partial charge in [0.2, 0.25) is 0 Å². The molecule has 0 spiro atoms. The lowest BCUT2D eigenvalue weighted by Gasteiger charge is -1.82. The van der Waals surface area contributed by atoms with Crippen LogP contribution in [0.5, 0.6) is 0 Å². The summed E-state index contributed by atoms with van der Waals surface area (Å²) in [4.78, 5) is 3.70. The third-order valence-electron chi connectivity index (χ3n) is 0.641. The van der Waals surface area contributed by atoms with Gasteiger partial charge in [-0.1, -0.05) is 6.58 Å². The highest BCUT2D eigenvalue weighted by Gasteiger charge is 1.80. The lowest BCUT2D eigenvalue weighted by atomic mass is 10.5. The minimum Gasteiger partial charge on any atom is -0.263 e. The highest BCUT2D eigenvalue weighted by molar-refractivity contribution is 5.79. The van der Waals surface area contributed by atoms with Gasteiger partial charge >= 0.3 is 0 Å². The fraction of sp³-hybridized carbons (Fsp3) is 0.286. The van der Waals surface area contributed by atoms with Crippen molar-refractivity contribution in [2.45, 2.75) is 13.8 Å². The highest BCUT2D eigenvalue weighted by Crippen LogP contribution is 1.95. The van der Waals surface area contributed by atoms with Crippen molar-refractivity contribution >= 4 is 5.71 Å². The van der Waals surface area contributed by atoms with Gasteiger partial charge in [-0.05, 0) is 19.9 Å². The first kappa shape index (κ1) is 8.08. The molecule has 0 atom stereocenters. The molecule has 0 heterocycles. The van der Waals surface area contributed by atoms with Crippen LogP contribution in [0.1, 0.15) is 13.8 Å². The van der Waals surface area contributed by atoms with Gasteiger partial charge in [0.1, 0.15) is 5.83 Å². The molecule has 0 aliphatic heterocycles. The zero-order valence-corrected chi connectivity index (χ0v) is 5.69. The summed E-state index contributed by atoms with van der Waals surface area (Å²) >= 11 is 0. The minimum absolute atomic E-state index is 0.406. The van der Waals surface area contributed by atoms with E-state index in [-0.39, 0.29) is 0 Å². The van der Waals surface area contributed by atoms with Gasteiger partial charge in [0.15, 0.2) is 0 Å². The maximum Gasteiger partial charge on any atom is 0.140 e. The largest absolute Gasteiger partial charge is 0.263 e. The molecule has 0 amide bonds. The molecule has 0 aliphatic rings. The van der Waals surface area contributed by atoms with Gasteiger partial charge in [0.25, 0.3) is 0 Å². The highest BCUT2D eigenvalue weighted by atomic mass is 19.1. The monoisotopic (exact) mass is 127 g/mol. The fourth-order valence-electron chi connectivity index (χ4n) is 0.243. The maximum absolute atomic E-state index is 12.1. The zero-order valence-electron chi connectivity index (χ0n) is 5.69. The number of rotatable bonds is 2. The lowest BCUT2D eigenvalue weighted by Crippen LogP contribution is -1.75. The third-order valence-corrected chi connectivity index (χ3v) is 0.641. The van der Waals surface area contributed by atoms with Crippen molar-refractivity contribution in [3.63, 3.8) is 0 Å².